The highest BCUT2D eigenvalue weighted by Crippen LogP contribution is 2.64. The molecule has 206 valence electrons. The van der Waals surface area contributed by atoms with Crippen LogP contribution in [0.3, 0.4) is 0 Å². The summed E-state index contributed by atoms with van der Waals surface area (Å²) in [7, 11) is -2.87. The molecule has 1 N–H and O–H groups in total. The second-order valence-electron chi connectivity index (χ2n) is 8.95. The molecule has 0 aliphatic carbocycles. The molecule has 0 saturated heterocycles. The van der Waals surface area contributed by atoms with Gasteiger partial charge in [-0.1, -0.05) is 12.1 Å². The average molecular weight is 541 g/mol. The van der Waals surface area contributed by atoms with Crippen molar-refractivity contribution in [2.75, 3.05) is 33.5 Å². The Morgan fingerprint density at radius 3 is 2.08 bits per heavy atom. The number of esters is 1. The Morgan fingerprint density at radius 2 is 1.59 bits per heavy atom. The van der Waals surface area contributed by atoms with Gasteiger partial charge in [0.05, 0.1) is 67.5 Å². The lowest BCUT2D eigenvalue weighted by Gasteiger charge is -2.34. The second-order valence-corrected chi connectivity index (χ2v) is 10.9. The van der Waals surface area contributed by atoms with E-state index in [9.17, 15) is 19.5 Å². The van der Waals surface area contributed by atoms with Crippen LogP contribution in [0.2, 0.25) is 0 Å². The Kier molecular flexibility index (Phi) is 11.5. The number of dihydropyridines is 1. The lowest BCUT2D eigenvalue weighted by atomic mass is 9.86. The van der Waals surface area contributed by atoms with Crippen LogP contribution >= 0.6 is 7.60 Å². The maximum atomic E-state index is 14.5. The van der Waals surface area contributed by atoms with Crippen molar-refractivity contribution in [3.8, 4) is 0 Å². The Balaban J connectivity index is 2.62. The van der Waals surface area contributed by atoms with Crippen molar-refractivity contribution < 1.29 is 37.5 Å². The summed E-state index contributed by atoms with van der Waals surface area (Å²) in [6, 6.07) is 5.81. The van der Waals surface area contributed by atoms with E-state index in [1.165, 1.54) is 25.3 Å². The first-order valence-electron chi connectivity index (χ1n) is 12.0. The summed E-state index contributed by atoms with van der Waals surface area (Å²) < 4.78 is 42.3. The number of carbonyl (C=O) groups is 1. The van der Waals surface area contributed by atoms with E-state index in [4.69, 9.17) is 23.3 Å². The van der Waals surface area contributed by atoms with Gasteiger partial charge < -0.3 is 28.6 Å². The van der Waals surface area contributed by atoms with Gasteiger partial charge in [0, 0.05) is 23.5 Å². The van der Waals surface area contributed by atoms with E-state index in [2.05, 4.69) is 5.32 Å². The van der Waals surface area contributed by atoms with Gasteiger partial charge in [0.25, 0.3) is 5.69 Å². The standard InChI is InChI=1S/C25H37N2O9P/c1-16(2)33-11-13-35-37(31,36-14-12-34-17(3)4)24-19(6)26-18(5)22(25(28)32-7)23(24)20-9-8-10-21(15-20)27(29)30/h8-10,15-17,23,26H,11-14H2,1-7H3. The summed E-state index contributed by atoms with van der Waals surface area (Å²) in [6.45, 7) is 11.1. The minimum Gasteiger partial charge on any atom is -0.466 e. The molecule has 2 rings (SSSR count). The predicted octanol–water partition coefficient (Wildman–Crippen LogP) is 5.04. The number of allylic oxidation sites excluding steroid dienone is 3. The van der Waals surface area contributed by atoms with Gasteiger partial charge in [-0.25, -0.2) is 4.79 Å². The minimum absolute atomic E-state index is 0.0464. The van der Waals surface area contributed by atoms with Crippen LogP contribution in [0.1, 0.15) is 53.0 Å². The molecule has 12 heteroatoms. The fourth-order valence-electron chi connectivity index (χ4n) is 3.93. The molecule has 0 bridgehead atoms. The molecular formula is C25H37N2O9P. The van der Waals surface area contributed by atoms with Gasteiger partial charge >= 0.3 is 13.6 Å². The van der Waals surface area contributed by atoms with Crippen LogP contribution in [0.15, 0.2) is 46.5 Å². The van der Waals surface area contributed by atoms with Gasteiger partial charge in [-0.15, -0.1) is 0 Å². The van der Waals surface area contributed by atoms with E-state index >= 15 is 0 Å². The molecule has 0 saturated carbocycles. The Hall–Kier alpha value is -2.56. The number of nitrogens with one attached hydrogen (secondary N) is 1. The lowest BCUT2D eigenvalue weighted by Crippen LogP contribution is -2.29. The first kappa shape index (κ1) is 30.7. The molecule has 0 amide bonds. The van der Waals surface area contributed by atoms with Crippen LogP contribution in [-0.2, 0) is 32.6 Å². The summed E-state index contributed by atoms with van der Waals surface area (Å²) in [5.74, 6) is -1.67. The van der Waals surface area contributed by atoms with Gasteiger partial charge in [-0.3, -0.25) is 14.7 Å². The lowest BCUT2D eigenvalue weighted by molar-refractivity contribution is -0.384. The highest BCUT2D eigenvalue weighted by Gasteiger charge is 2.45. The summed E-state index contributed by atoms with van der Waals surface area (Å²) in [4.78, 5) is 23.9. The third-order valence-electron chi connectivity index (χ3n) is 5.43. The van der Waals surface area contributed by atoms with Crippen LogP contribution in [0.5, 0.6) is 0 Å². The molecule has 0 fully saturated rings. The zero-order chi connectivity index (χ0) is 27.8. The van der Waals surface area contributed by atoms with Gasteiger partial charge in [0.15, 0.2) is 0 Å². The predicted molar refractivity (Wildman–Crippen MR) is 138 cm³/mol. The molecule has 1 heterocycles. The third kappa shape index (κ3) is 8.21. The topological polar surface area (TPSA) is 135 Å². The quantitative estimate of drug-likeness (QED) is 0.112. The number of nitrogens with zero attached hydrogens (tertiary/aromatic N) is 1. The molecule has 1 aromatic rings. The highest BCUT2D eigenvalue weighted by atomic mass is 31.2. The van der Waals surface area contributed by atoms with Crippen molar-refractivity contribution >= 4 is 19.3 Å². The van der Waals surface area contributed by atoms with Crippen molar-refractivity contribution in [1.82, 2.24) is 5.32 Å². The summed E-state index contributed by atoms with van der Waals surface area (Å²) in [5, 5.41) is 14.8. The van der Waals surface area contributed by atoms with Gasteiger partial charge in [-0.2, -0.15) is 0 Å². The normalized spacial score (nSPS) is 16.4. The van der Waals surface area contributed by atoms with Crippen LogP contribution in [-0.4, -0.2) is 56.6 Å². The van der Waals surface area contributed by atoms with Crippen LogP contribution < -0.4 is 5.32 Å². The number of hydrogen-bond acceptors (Lipinski definition) is 10. The van der Waals surface area contributed by atoms with Crippen molar-refractivity contribution in [3.63, 3.8) is 0 Å². The van der Waals surface area contributed by atoms with Crippen molar-refractivity contribution in [3.05, 3.63) is 62.2 Å². The first-order chi connectivity index (χ1) is 17.4. The largest absolute Gasteiger partial charge is 0.466 e. The Morgan fingerprint density at radius 1 is 1.03 bits per heavy atom. The van der Waals surface area contributed by atoms with E-state index in [-0.39, 0.29) is 55.2 Å². The molecule has 0 spiro atoms. The van der Waals surface area contributed by atoms with Crippen molar-refractivity contribution in [2.45, 2.75) is 59.7 Å². The molecule has 0 aromatic heterocycles. The number of non-ortho nitro benzene ring substituents is 1. The van der Waals surface area contributed by atoms with Crippen LogP contribution in [0.25, 0.3) is 0 Å². The number of rotatable bonds is 14. The minimum atomic E-state index is -4.10. The first-order valence-corrected chi connectivity index (χ1v) is 13.6. The average Bonchev–Trinajstić information content (AvgIpc) is 2.83. The zero-order valence-corrected chi connectivity index (χ0v) is 23.3. The van der Waals surface area contributed by atoms with E-state index in [0.29, 0.717) is 17.0 Å². The zero-order valence-electron chi connectivity index (χ0n) is 22.4. The van der Waals surface area contributed by atoms with Crippen LogP contribution in [0, 0.1) is 10.1 Å². The monoisotopic (exact) mass is 540 g/mol. The second kappa shape index (κ2) is 13.8. The number of nitro benzene ring substituents is 1. The molecule has 1 atom stereocenters. The smallest absolute Gasteiger partial charge is 0.360 e. The van der Waals surface area contributed by atoms with Crippen molar-refractivity contribution in [2.24, 2.45) is 0 Å². The summed E-state index contributed by atoms with van der Waals surface area (Å²) in [6.07, 6.45) is -0.121. The van der Waals surface area contributed by atoms with Crippen molar-refractivity contribution in [1.29, 1.82) is 0 Å². The molecule has 1 aromatic carbocycles. The van der Waals surface area contributed by atoms with Gasteiger partial charge in [0.2, 0.25) is 0 Å². The van der Waals surface area contributed by atoms with Gasteiger partial charge in [0.1, 0.15) is 0 Å². The van der Waals surface area contributed by atoms with E-state index in [1.807, 2.05) is 27.7 Å². The molecule has 1 unspecified atom stereocenters. The third-order valence-corrected chi connectivity index (χ3v) is 7.66. The molecular weight excluding hydrogens is 503 g/mol. The summed E-state index contributed by atoms with van der Waals surface area (Å²) >= 11 is 0. The fourth-order valence-corrected chi connectivity index (χ4v) is 5.97. The van der Waals surface area contributed by atoms with Crippen LogP contribution in [0.4, 0.5) is 5.69 Å². The molecule has 1 aliphatic heterocycles. The SMILES string of the molecule is COC(=O)C1=C(C)NC(C)=C(P(=O)(OCCOC(C)C)OCCOC(C)C)C1c1cccc([N+](=O)[O-])c1. The number of carbonyl (C=O) groups excluding carboxylic acids is 1. The van der Waals surface area contributed by atoms with E-state index < -0.39 is 24.4 Å². The number of benzene rings is 1. The fraction of sp³-hybridized carbons (Fsp3) is 0.560. The number of methoxy groups -OCH3 is 1. The van der Waals surface area contributed by atoms with Gasteiger partial charge in [-0.05, 0) is 47.1 Å². The molecule has 37 heavy (non-hydrogen) atoms. The maximum Gasteiger partial charge on any atom is 0.360 e. The van der Waals surface area contributed by atoms with E-state index in [0.717, 1.165) is 0 Å². The number of hydrogen-bond donors (Lipinski definition) is 1. The highest BCUT2D eigenvalue weighted by molar-refractivity contribution is 7.58. The Bertz CT molecular complexity index is 1060. The number of nitro groups is 1. The molecule has 11 nitrogen and oxygen atoms in total. The summed E-state index contributed by atoms with van der Waals surface area (Å²) in [5.41, 5.74) is 1.24. The Labute approximate surface area is 217 Å². The molecule has 0 radical (unpaired) electrons. The van der Waals surface area contributed by atoms with E-state index in [1.54, 1.807) is 19.9 Å². The molecule has 1 aliphatic rings. The number of ether oxygens (including phenoxy) is 3. The maximum absolute atomic E-state index is 14.5.